The van der Waals surface area contributed by atoms with Gasteiger partial charge in [-0.2, -0.15) is 4.68 Å². The summed E-state index contributed by atoms with van der Waals surface area (Å²) in [7, 11) is 0. The lowest BCUT2D eigenvalue weighted by molar-refractivity contribution is 0.0951. The highest BCUT2D eigenvalue weighted by Gasteiger charge is 2.24. The minimum absolute atomic E-state index is 0.186. The summed E-state index contributed by atoms with van der Waals surface area (Å²) in [6.07, 6.45) is 2.50. The summed E-state index contributed by atoms with van der Waals surface area (Å²) in [6, 6.07) is 8.48. The van der Waals surface area contributed by atoms with Gasteiger partial charge in [-0.25, -0.2) is 8.78 Å². The van der Waals surface area contributed by atoms with Crippen LogP contribution in [-0.4, -0.2) is 32.2 Å². The molecule has 138 valence electrons. The van der Waals surface area contributed by atoms with E-state index in [2.05, 4.69) is 20.8 Å². The molecule has 2 aromatic carbocycles. The molecule has 1 N–H and O–H groups in total. The van der Waals surface area contributed by atoms with Crippen LogP contribution >= 0.6 is 0 Å². The molecule has 0 aliphatic heterocycles. The van der Waals surface area contributed by atoms with Crippen LogP contribution < -0.4 is 5.32 Å². The first-order valence-electron chi connectivity index (χ1n) is 8.74. The average molecular weight is 369 g/mol. The first kappa shape index (κ1) is 17.3. The van der Waals surface area contributed by atoms with E-state index in [0.29, 0.717) is 29.1 Å². The number of carbonyl (C=O) groups excluding carboxylic acids is 1. The molecule has 0 saturated heterocycles. The third kappa shape index (κ3) is 3.55. The van der Waals surface area contributed by atoms with Crippen LogP contribution in [0.1, 0.15) is 35.9 Å². The van der Waals surface area contributed by atoms with E-state index >= 15 is 0 Å². The fourth-order valence-corrected chi connectivity index (χ4v) is 2.87. The van der Waals surface area contributed by atoms with Gasteiger partial charge in [-0.3, -0.25) is 4.79 Å². The summed E-state index contributed by atoms with van der Waals surface area (Å²) in [4.78, 5) is 12.6. The molecule has 1 aliphatic carbocycles. The Hall–Kier alpha value is -3.16. The van der Waals surface area contributed by atoms with Crippen LogP contribution in [0.4, 0.5) is 8.78 Å². The quantitative estimate of drug-likeness (QED) is 0.750. The number of hydrogen-bond acceptors (Lipinski definition) is 4. The molecule has 6 nitrogen and oxygen atoms in total. The second kappa shape index (κ2) is 6.86. The number of tetrazole rings is 1. The monoisotopic (exact) mass is 369 g/mol. The van der Waals surface area contributed by atoms with Gasteiger partial charge in [0.25, 0.3) is 5.91 Å². The molecule has 8 heteroatoms. The highest BCUT2D eigenvalue weighted by molar-refractivity contribution is 5.96. The minimum Gasteiger partial charge on any atom is -0.349 e. The van der Waals surface area contributed by atoms with E-state index in [1.54, 1.807) is 18.2 Å². The van der Waals surface area contributed by atoms with Crippen LogP contribution in [0.5, 0.6) is 0 Å². The number of carbonyl (C=O) groups is 1. The van der Waals surface area contributed by atoms with Crippen molar-refractivity contribution in [3.8, 4) is 16.8 Å². The van der Waals surface area contributed by atoms with Crippen molar-refractivity contribution in [2.24, 2.45) is 0 Å². The fourth-order valence-electron chi connectivity index (χ4n) is 2.87. The van der Waals surface area contributed by atoms with Gasteiger partial charge in [0.05, 0.1) is 5.69 Å². The Morgan fingerprint density at radius 1 is 1.22 bits per heavy atom. The molecule has 1 heterocycles. The van der Waals surface area contributed by atoms with Gasteiger partial charge in [-0.05, 0) is 59.2 Å². The minimum atomic E-state index is -0.701. The Labute approximate surface area is 154 Å². The maximum absolute atomic E-state index is 14.3. The van der Waals surface area contributed by atoms with Crippen LogP contribution in [0, 0.1) is 11.6 Å². The third-order valence-electron chi connectivity index (χ3n) is 4.43. The normalized spacial score (nSPS) is 13.6. The summed E-state index contributed by atoms with van der Waals surface area (Å²) in [5.41, 5.74) is 1.56. The van der Waals surface area contributed by atoms with E-state index in [0.717, 1.165) is 18.9 Å². The lowest BCUT2D eigenvalue weighted by atomic mass is 10.0. The van der Waals surface area contributed by atoms with Gasteiger partial charge >= 0.3 is 0 Å². The van der Waals surface area contributed by atoms with Crippen molar-refractivity contribution in [2.75, 3.05) is 0 Å². The van der Waals surface area contributed by atoms with Crippen molar-refractivity contribution in [3.63, 3.8) is 0 Å². The molecule has 3 aromatic rings. The fraction of sp³-hybridized carbons (Fsp3) is 0.263. The topological polar surface area (TPSA) is 72.7 Å². The third-order valence-corrected chi connectivity index (χ3v) is 4.43. The van der Waals surface area contributed by atoms with Crippen molar-refractivity contribution >= 4 is 5.91 Å². The predicted molar refractivity (Wildman–Crippen MR) is 94.4 cm³/mol. The van der Waals surface area contributed by atoms with E-state index in [9.17, 15) is 13.6 Å². The number of aryl methyl sites for hydroxylation is 1. The number of hydrogen-bond donors (Lipinski definition) is 1. The highest BCUT2D eigenvalue weighted by Crippen LogP contribution is 2.28. The van der Waals surface area contributed by atoms with E-state index in [4.69, 9.17) is 0 Å². The number of amides is 1. The lowest BCUT2D eigenvalue weighted by Gasteiger charge is -2.12. The van der Waals surface area contributed by atoms with Gasteiger partial charge in [0.15, 0.2) is 5.82 Å². The molecule has 0 spiro atoms. The molecule has 1 amide bonds. The van der Waals surface area contributed by atoms with E-state index in [-0.39, 0.29) is 17.5 Å². The molecule has 0 bridgehead atoms. The Kier molecular flexibility index (Phi) is 4.39. The summed E-state index contributed by atoms with van der Waals surface area (Å²) in [5, 5.41) is 14.5. The van der Waals surface area contributed by atoms with E-state index in [1.165, 1.54) is 16.8 Å². The molecule has 0 atom stereocenters. The molecular formula is C19H17F2N5O. The van der Waals surface area contributed by atoms with Crippen molar-refractivity contribution in [2.45, 2.75) is 32.2 Å². The number of rotatable bonds is 5. The van der Waals surface area contributed by atoms with Gasteiger partial charge in [0, 0.05) is 29.7 Å². The molecule has 1 aromatic heterocycles. The van der Waals surface area contributed by atoms with Crippen LogP contribution in [0.15, 0.2) is 36.4 Å². The Morgan fingerprint density at radius 2 is 2.04 bits per heavy atom. The molecule has 1 aliphatic rings. The van der Waals surface area contributed by atoms with Crippen molar-refractivity contribution in [3.05, 3.63) is 59.4 Å². The zero-order chi connectivity index (χ0) is 19.0. The first-order valence-corrected chi connectivity index (χ1v) is 8.74. The summed E-state index contributed by atoms with van der Waals surface area (Å²) >= 11 is 0. The second-order valence-corrected chi connectivity index (χ2v) is 6.50. The molecule has 0 radical (unpaired) electrons. The van der Waals surface area contributed by atoms with Crippen molar-refractivity contribution < 1.29 is 13.6 Å². The maximum Gasteiger partial charge on any atom is 0.251 e. The highest BCUT2D eigenvalue weighted by atomic mass is 19.1. The number of halogens is 2. The van der Waals surface area contributed by atoms with Crippen LogP contribution in [0.25, 0.3) is 16.8 Å². The zero-order valence-corrected chi connectivity index (χ0v) is 14.6. The van der Waals surface area contributed by atoms with E-state index < -0.39 is 11.6 Å². The summed E-state index contributed by atoms with van der Waals surface area (Å²) in [5.74, 6) is -0.990. The number of aromatic nitrogens is 4. The number of nitrogens with zero attached hydrogens (tertiary/aromatic N) is 4. The largest absolute Gasteiger partial charge is 0.349 e. The zero-order valence-electron chi connectivity index (χ0n) is 14.6. The van der Waals surface area contributed by atoms with Crippen LogP contribution in [-0.2, 0) is 6.42 Å². The molecule has 4 rings (SSSR count). The van der Waals surface area contributed by atoms with Gasteiger partial charge in [-0.1, -0.05) is 6.92 Å². The standard InChI is InChI=1S/C19H17F2N5O/c1-2-18-23-24-25-26(18)15-8-11(16-6-3-13(20)10-17(16)21)7-12(9-15)19(27)22-14-4-5-14/h3,6-10,14H,2,4-5H2,1H3,(H,22,27). The Morgan fingerprint density at radius 3 is 2.74 bits per heavy atom. The van der Waals surface area contributed by atoms with Gasteiger partial charge in [0.2, 0.25) is 0 Å². The summed E-state index contributed by atoms with van der Waals surface area (Å²) < 4.78 is 29.1. The lowest BCUT2D eigenvalue weighted by Crippen LogP contribution is -2.25. The summed E-state index contributed by atoms with van der Waals surface area (Å²) in [6.45, 7) is 1.91. The maximum atomic E-state index is 14.3. The average Bonchev–Trinajstić information content (AvgIpc) is 3.33. The number of nitrogens with one attached hydrogen (secondary N) is 1. The predicted octanol–water partition coefficient (Wildman–Crippen LogP) is 3.06. The van der Waals surface area contributed by atoms with Crippen LogP contribution in [0.3, 0.4) is 0 Å². The van der Waals surface area contributed by atoms with Crippen molar-refractivity contribution in [1.29, 1.82) is 0 Å². The smallest absolute Gasteiger partial charge is 0.251 e. The van der Waals surface area contributed by atoms with Crippen molar-refractivity contribution in [1.82, 2.24) is 25.5 Å². The Bertz CT molecular complexity index is 1010. The molecule has 27 heavy (non-hydrogen) atoms. The van der Waals surface area contributed by atoms with Gasteiger partial charge in [-0.15, -0.1) is 5.10 Å². The van der Waals surface area contributed by atoms with Gasteiger partial charge < -0.3 is 5.32 Å². The molecular weight excluding hydrogens is 352 g/mol. The van der Waals surface area contributed by atoms with Gasteiger partial charge in [0.1, 0.15) is 11.6 Å². The van der Waals surface area contributed by atoms with Crippen LogP contribution in [0.2, 0.25) is 0 Å². The Balaban J connectivity index is 1.84. The molecule has 0 unspecified atom stereocenters. The van der Waals surface area contributed by atoms with E-state index in [1.807, 2.05) is 6.92 Å². The molecule has 1 fully saturated rings. The SMILES string of the molecule is CCc1nnnn1-c1cc(C(=O)NC2CC2)cc(-c2ccc(F)cc2F)c1. The first-order chi connectivity index (χ1) is 13.0. The number of benzene rings is 2. The second-order valence-electron chi connectivity index (χ2n) is 6.50. The molecule has 1 saturated carbocycles.